The summed E-state index contributed by atoms with van der Waals surface area (Å²) >= 11 is 0. The molecule has 0 fully saturated rings. The third-order valence-corrected chi connectivity index (χ3v) is 2.00. The molecule has 1 aromatic rings. The maximum absolute atomic E-state index is 4.00. The molecule has 1 aromatic heterocycles. The van der Waals surface area contributed by atoms with Crippen LogP contribution >= 0.6 is 0 Å². The van der Waals surface area contributed by atoms with E-state index in [2.05, 4.69) is 27.8 Å². The van der Waals surface area contributed by atoms with Gasteiger partial charge in [0, 0.05) is 18.9 Å². The molecule has 0 atom stereocenters. The molecule has 0 amide bonds. The number of nitrogens with zero attached hydrogens (tertiary/aromatic N) is 2. The van der Waals surface area contributed by atoms with Crippen LogP contribution in [0.3, 0.4) is 0 Å². The molecule has 0 bridgehead atoms. The van der Waals surface area contributed by atoms with E-state index in [0.717, 1.165) is 6.54 Å². The Morgan fingerprint density at radius 2 is 2.42 bits per heavy atom. The van der Waals surface area contributed by atoms with Crippen molar-refractivity contribution in [3.8, 4) is 0 Å². The molecule has 0 unspecified atom stereocenters. The van der Waals surface area contributed by atoms with Gasteiger partial charge in [-0.2, -0.15) is 0 Å². The maximum atomic E-state index is 4.00. The largest absolute Gasteiger partial charge is 0.333 e. The summed E-state index contributed by atoms with van der Waals surface area (Å²) in [6, 6.07) is 0. The van der Waals surface area contributed by atoms with Gasteiger partial charge in [-0.05, 0) is 18.4 Å². The van der Waals surface area contributed by atoms with Gasteiger partial charge >= 0.3 is 0 Å². The fourth-order valence-electron chi connectivity index (χ4n) is 1.38. The van der Waals surface area contributed by atoms with Crippen LogP contribution in [0, 0.1) is 0 Å². The van der Waals surface area contributed by atoms with Gasteiger partial charge in [0.05, 0.1) is 6.33 Å². The Morgan fingerprint density at radius 3 is 3.08 bits per heavy atom. The zero-order valence-corrected chi connectivity index (χ0v) is 6.98. The normalized spacial score (nSPS) is 16.2. The molecule has 2 nitrogen and oxygen atoms in total. The van der Waals surface area contributed by atoms with Crippen molar-refractivity contribution in [3.63, 3.8) is 0 Å². The van der Waals surface area contributed by atoms with Gasteiger partial charge in [0.2, 0.25) is 0 Å². The first-order valence-electron chi connectivity index (χ1n) is 4.26. The van der Waals surface area contributed by atoms with Gasteiger partial charge in [0.25, 0.3) is 0 Å². The van der Waals surface area contributed by atoms with Crippen molar-refractivity contribution < 1.29 is 0 Å². The fourth-order valence-corrected chi connectivity index (χ4v) is 1.38. The molecule has 0 N–H and O–H groups in total. The Balaban J connectivity index is 2.04. The molecule has 62 valence electrons. The van der Waals surface area contributed by atoms with E-state index in [1.807, 2.05) is 18.7 Å². The number of allylic oxidation sites excluding steroid dienone is 4. The highest BCUT2D eigenvalue weighted by Gasteiger charge is 1.97. The Labute approximate surface area is 72.2 Å². The third kappa shape index (κ3) is 1.64. The van der Waals surface area contributed by atoms with Gasteiger partial charge in [0.1, 0.15) is 0 Å². The number of hydrogen-bond acceptors (Lipinski definition) is 1. The lowest BCUT2D eigenvalue weighted by Gasteiger charge is -2.06. The van der Waals surface area contributed by atoms with Crippen LogP contribution < -0.4 is 0 Å². The predicted molar refractivity (Wildman–Crippen MR) is 48.7 cm³/mol. The first-order valence-corrected chi connectivity index (χ1v) is 4.26. The Hall–Kier alpha value is -1.31. The molecule has 12 heavy (non-hydrogen) atoms. The number of rotatable bonds is 2. The summed E-state index contributed by atoms with van der Waals surface area (Å²) < 4.78 is 2.08. The van der Waals surface area contributed by atoms with Gasteiger partial charge in [-0.15, -0.1) is 0 Å². The summed E-state index contributed by atoms with van der Waals surface area (Å²) in [6.07, 6.45) is 14.7. The zero-order chi connectivity index (χ0) is 8.23. The molecule has 0 spiro atoms. The molecule has 2 rings (SSSR count). The van der Waals surface area contributed by atoms with Crippen LogP contribution in [0.5, 0.6) is 0 Å². The summed E-state index contributed by atoms with van der Waals surface area (Å²) in [6.45, 7) is 0.955. The fraction of sp³-hybridized carbons (Fsp3) is 0.300. The number of hydrogen-bond donors (Lipinski definition) is 0. The molecule has 1 aliphatic carbocycles. The minimum atomic E-state index is 0.955. The SMILES string of the molecule is C1=CC(Cn2ccnc2)=CCC1. The molecule has 0 saturated heterocycles. The van der Waals surface area contributed by atoms with Crippen LogP contribution in [-0.4, -0.2) is 9.55 Å². The van der Waals surface area contributed by atoms with Gasteiger partial charge in [-0.3, -0.25) is 0 Å². The summed E-state index contributed by atoms with van der Waals surface area (Å²) in [7, 11) is 0. The van der Waals surface area contributed by atoms with E-state index < -0.39 is 0 Å². The minimum Gasteiger partial charge on any atom is -0.333 e. The molecular formula is C10H12N2. The smallest absolute Gasteiger partial charge is 0.0949 e. The molecule has 2 heteroatoms. The van der Waals surface area contributed by atoms with Crippen molar-refractivity contribution in [2.24, 2.45) is 0 Å². The van der Waals surface area contributed by atoms with Crippen LogP contribution in [0.1, 0.15) is 12.8 Å². The lowest BCUT2D eigenvalue weighted by atomic mass is 10.1. The topological polar surface area (TPSA) is 17.8 Å². The van der Waals surface area contributed by atoms with Crippen LogP contribution in [0.4, 0.5) is 0 Å². The van der Waals surface area contributed by atoms with E-state index in [1.165, 1.54) is 18.4 Å². The quantitative estimate of drug-likeness (QED) is 0.648. The van der Waals surface area contributed by atoms with E-state index in [1.54, 1.807) is 0 Å². The summed E-state index contributed by atoms with van der Waals surface area (Å²) in [5.41, 5.74) is 1.39. The standard InChI is InChI=1S/C10H12N2/c1-2-4-10(5-3-1)8-12-7-6-11-9-12/h2,4-7,9H,1,3,8H2. The van der Waals surface area contributed by atoms with Crippen LogP contribution in [-0.2, 0) is 6.54 Å². The molecule has 0 aromatic carbocycles. The van der Waals surface area contributed by atoms with E-state index in [4.69, 9.17) is 0 Å². The van der Waals surface area contributed by atoms with Crippen molar-refractivity contribution >= 4 is 0 Å². The van der Waals surface area contributed by atoms with Crippen molar-refractivity contribution in [2.45, 2.75) is 19.4 Å². The predicted octanol–water partition coefficient (Wildman–Crippen LogP) is 2.16. The number of aromatic nitrogens is 2. The molecule has 1 heterocycles. The zero-order valence-electron chi connectivity index (χ0n) is 6.98. The summed E-state index contributed by atoms with van der Waals surface area (Å²) in [4.78, 5) is 4.00. The monoisotopic (exact) mass is 160 g/mol. The highest BCUT2D eigenvalue weighted by molar-refractivity contribution is 5.21. The highest BCUT2D eigenvalue weighted by Crippen LogP contribution is 2.11. The van der Waals surface area contributed by atoms with E-state index in [9.17, 15) is 0 Å². The van der Waals surface area contributed by atoms with E-state index >= 15 is 0 Å². The van der Waals surface area contributed by atoms with Crippen molar-refractivity contribution in [2.75, 3.05) is 0 Å². The van der Waals surface area contributed by atoms with Gasteiger partial charge in [-0.1, -0.05) is 18.2 Å². The first-order chi connectivity index (χ1) is 5.95. The van der Waals surface area contributed by atoms with Crippen molar-refractivity contribution in [3.05, 3.63) is 42.5 Å². The lowest BCUT2D eigenvalue weighted by molar-refractivity contribution is 0.784. The second kappa shape index (κ2) is 3.39. The van der Waals surface area contributed by atoms with Crippen LogP contribution in [0.15, 0.2) is 42.5 Å². The maximum Gasteiger partial charge on any atom is 0.0949 e. The Kier molecular flexibility index (Phi) is 2.08. The van der Waals surface area contributed by atoms with Crippen LogP contribution in [0.25, 0.3) is 0 Å². The minimum absolute atomic E-state index is 0.955. The van der Waals surface area contributed by atoms with E-state index in [-0.39, 0.29) is 0 Å². The second-order valence-corrected chi connectivity index (χ2v) is 2.99. The second-order valence-electron chi connectivity index (χ2n) is 2.99. The van der Waals surface area contributed by atoms with Gasteiger partial charge in [0.15, 0.2) is 0 Å². The van der Waals surface area contributed by atoms with Gasteiger partial charge in [-0.25, -0.2) is 4.98 Å². The molecular weight excluding hydrogens is 148 g/mol. The van der Waals surface area contributed by atoms with Crippen LogP contribution in [0.2, 0.25) is 0 Å². The molecule has 0 saturated carbocycles. The summed E-state index contributed by atoms with van der Waals surface area (Å²) in [5, 5.41) is 0. The molecule has 0 aliphatic heterocycles. The Bertz CT molecular complexity index is 294. The average molecular weight is 160 g/mol. The van der Waals surface area contributed by atoms with Gasteiger partial charge < -0.3 is 4.57 Å². The molecule has 0 radical (unpaired) electrons. The molecule has 1 aliphatic rings. The van der Waals surface area contributed by atoms with Crippen molar-refractivity contribution in [1.82, 2.24) is 9.55 Å². The van der Waals surface area contributed by atoms with E-state index in [0.29, 0.717) is 0 Å². The average Bonchev–Trinajstić information content (AvgIpc) is 2.59. The number of imidazole rings is 1. The highest BCUT2D eigenvalue weighted by atomic mass is 15.0. The Morgan fingerprint density at radius 1 is 1.42 bits per heavy atom. The summed E-state index contributed by atoms with van der Waals surface area (Å²) in [5.74, 6) is 0. The lowest BCUT2D eigenvalue weighted by Crippen LogP contribution is -1.97. The first kappa shape index (κ1) is 7.35. The van der Waals surface area contributed by atoms with Crippen molar-refractivity contribution in [1.29, 1.82) is 0 Å². The third-order valence-electron chi connectivity index (χ3n) is 2.00.